The lowest BCUT2D eigenvalue weighted by Crippen LogP contribution is -2.15. The van der Waals surface area contributed by atoms with E-state index in [0.717, 1.165) is 37.9 Å². The number of amides is 1. The van der Waals surface area contributed by atoms with E-state index in [4.69, 9.17) is 15.2 Å². The van der Waals surface area contributed by atoms with Crippen LogP contribution in [-0.2, 0) is 11.2 Å². The molecule has 24 heavy (non-hydrogen) atoms. The molecule has 0 unspecified atom stereocenters. The van der Waals surface area contributed by atoms with Gasteiger partial charge in [0, 0.05) is 13.7 Å². The molecule has 0 radical (unpaired) electrons. The van der Waals surface area contributed by atoms with E-state index in [0.29, 0.717) is 17.9 Å². The third-order valence-corrected chi connectivity index (χ3v) is 3.65. The summed E-state index contributed by atoms with van der Waals surface area (Å²) in [6.07, 6.45) is 7.53. The van der Waals surface area contributed by atoms with Crippen molar-refractivity contribution in [1.82, 2.24) is 0 Å². The van der Waals surface area contributed by atoms with E-state index in [1.165, 1.54) is 19.3 Å². The first kappa shape index (κ1) is 25.3. The van der Waals surface area contributed by atoms with Crippen molar-refractivity contribution in [3.63, 3.8) is 0 Å². The first-order valence-corrected chi connectivity index (χ1v) is 8.24. The fourth-order valence-electron chi connectivity index (χ4n) is 2.41. The molecule has 0 spiro atoms. The molecule has 0 saturated heterocycles. The molecule has 0 aliphatic carbocycles. The van der Waals surface area contributed by atoms with Crippen LogP contribution in [0.3, 0.4) is 0 Å². The van der Waals surface area contributed by atoms with E-state index in [9.17, 15) is 4.79 Å². The van der Waals surface area contributed by atoms with Crippen molar-refractivity contribution < 1.29 is 14.3 Å². The first-order valence-electron chi connectivity index (χ1n) is 8.24. The van der Waals surface area contributed by atoms with E-state index in [-0.39, 0.29) is 24.8 Å². The van der Waals surface area contributed by atoms with Crippen molar-refractivity contribution >= 4 is 30.7 Å². The van der Waals surface area contributed by atoms with Crippen molar-refractivity contribution in [2.75, 3.05) is 20.3 Å². The maximum atomic E-state index is 11.6. The molecule has 0 aliphatic heterocycles. The van der Waals surface area contributed by atoms with Crippen LogP contribution in [0.4, 0.5) is 0 Å². The van der Waals surface area contributed by atoms with Crippen LogP contribution in [0.1, 0.15) is 61.4 Å². The topological polar surface area (TPSA) is 61.6 Å². The summed E-state index contributed by atoms with van der Waals surface area (Å²) in [5.41, 5.74) is 7.04. The van der Waals surface area contributed by atoms with E-state index < -0.39 is 5.91 Å². The second-order valence-corrected chi connectivity index (χ2v) is 5.52. The molecule has 1 aromatic rings. The minimum absolute atomic E-state index is 0. The molecule has 0 aliphatic rings. The number of hydrogen-bond donors (Lipinski definition) is 1. The van der Waals surface area contributed by atoms with Gasteiger partial charge in [0.1, 0.15) is 5.75 Å². The number of ether oxygens (including phenoxy) is 2. The van der Waals surface area contributed by atoms with Gasteiger partial charge in [0.2, 0.25) is 0 Å². The van der Waals surface area contributed by atoms with Gasteiger partial charge in [0.25, 0.3) is 5.91 Å². The number of halogens is 2. The van der Waals surface area contributed by atoms with Crippen LogP contribution in [0.5, 0.6) is 5.75 Å². The smallest absolute Gasteiger partial charge is 0.252 e. The van der Waals surface area contributed by atoms with E-state index in [1.807, 2.05) is 12.1 Å². The van der Waals surface area contributed by atoms with Crippen LogP contribution in [0.25, 0.3) is 0 Å². The molecule has 4 nitrogen and oxygen atoms in total. The summed E-state index contributed by atoms with van der Waals surface area (Å²) in [6.45, 7) is 3.50. The fourth-order valence-corrected chi connectivity index (χ4v) is 2.41. The minimum Gasteiger partial charge on any atom is -0.492 e. The number of methoxy groups -OCH3 is 1. The number of aryl methyl sites for hydroxylation is 1. The number of primary amides is 1. The molecule has 0 aromatic heterocycles. The second kappa shape index (κ2) is 15.6. The van der Waals surface area contributed by atoms with Crippen molar-refractivity contribution in [3.05, 3.63) is 29.3 Å². The van der Waals surface area contributed by atoms with Gasteiger partial charge in [-0.25, -0.2) is 0 Å². The predicted octanol–water partition coefficient (Wildman–Crippen LogP) is 4.56. The molecule has 0 bridgehead atoms. The average molecular weight is 380 g/mol. The van der Waals surface area contributed by atoms with Gasteiger partial charge in [-0.2, -0.15) is 0 Å². The lowest BCUT2D eigenvalue weighted by molar-refractivity contribution is 0.0995. The zero-order valence-corrected chi connectivity index (χ0v) is 16.3. The number of carbonyl (C=O) groups is 1. The molecule has 6 heteroatoms. The molecule has 1 rings (SSSR count). The summed E-state index contributed by atoms with van der Waals surface area (Å²) in [6, 6.07) is 5.65. The Morgan fingerprint density at radius 1 is 1.04 bits per heavy atom. The standard InChI is InChI=1S/C18H29NO3.2ClH/c1-3-4-5-6-10-15-11-9-12-16(18(19)20)17(15)22-14-8-7-13-21-2;;/h9,11-12H,3-8,10,13-14H2,1-2H3,(H2,19,20);2*1H. The Bertz CT molecular complexity index is 456. The third kappa shape index (κ3) is 9.36. The van der Waals surface area contributed by atoms with Crippen LogP contribution in [0.2, 0.25) is 0 Å². The molecular formula is C18H31Cl2NO3. The SMILES string of the molecule is CCCCCCc1cccc(C(N)=O)c1OCCCCOC.Cl.Cl. The highest BCUT2D eigenvalue weighted by Crippen LogP contribution is 2.26. The first-order chi connectivity index (χ1) is 10.7. The maximum absolute atomic E-state index is 11.6. The van der Waals surface area contributed by atoms with Gasteiger partial charge >= 0.3 is 0 Å². The molecule has 1 aromatic carbocycles. The summed E-state index contributed by atoms with van der Waals surface area (Å²) in [4.78, 5) is 11.6. The molecule has 0 atom stereocenters. The highest BCUT2D eigenvalue weighted by atomic mass is 35.5. The normalized spacial score (nSPS) is 9.75. The lowest BCUT2D eigenvalue weighted by Gasteiger charge is -2.14. The van der Waals surface area contributed by atoms with Crippen molar-refractivity contribution in [1.29, 1.82) is 0 Å². The number of hydrogen-bond acceptors (Lipinski definition) is 3. The number of unbranched alkanes of at least 4 members (excludes halogenated alkanes) is 4. The van der Waals surface area contributed by atoms with Crippen LogP contribution in [0.15, 0.2) is 18.2 Å². The highest BCUT2D eigenvalue weighted by Gasteiger charge is 2.13. The average Bonchev–Trinajstić information content (AvgIpc) is 2.52. The molecule has 140 valence electrons. The fraction of sp³-hybridized carbons (Fsp3) is 0.611. The molecule has 0 heterocycles. The van der Waals surface area contributed by atoms with Gasteiger partial charge < -0.3 is 15.2 Å². The van der Waals surface area contributed by atoms with E-state index in [2.05, 4.69) is 6.92 Å². The van der Waals surface area contributed by atoms with Gasteiger partial charge in [-0.1, -0.05) is 38.3 Å². The lowest BCUT2D eigenvalue weighted by atomic mass is 10.0. The van der Waals surface area contributed by atoms with Gasteiger partial charge in [-0.05, 0) is 37.3 Å². The van der Waals surface area contributed by atoms with Crippen LogP contribution in [-0.4, -0.2) is 26.2 Å². The Morgan fingerprint density at radius 3 is 2.38 bits per heavy atom. The van der Waals surface area contributed by atoms with Gasteiger partial charge in [0.15, 0.2) is 0 Å². The summed E-state index contributed by atoms with van der Waals surface area (Å²) >= 11 is 0. The van der Waals surface area contributed by atoms with E-state index in [1.54, 1.807) is 13.2 Å². The largest absolute Gasteiger partial charge is 0.492 e. The van der Waals surface area contributed by atoms with Gasteiger partial charge in [0.05, 0.1) is 12.2 Å². The quantitative estimate of drug-likeness (QED) is 0.541. The summed E-state index contributed by atoms with van der Waals surface area (Å²) in [5.74, 6) is 0.242. The Labute approximate surface area is 158 Å². The summed E-state index contributed by atoms with van der Waals surface area (Å²) < 4.78 is 10.9. The molecular weight excluding hydrogens is 349 g/mol. The van der Waals surface area contributed by atoms with Gasteiger partial charge in [-0.15, -0.1) is 24.8 Å². The Hall–Kier alpha value is -0.970. The number of rotatable bonds is 12. The predicted molar refractivity (Wildman–Crippen MR) is 104 cm³/mol. The molecule has 0 fully saturated rings. The van der Waals surface area contributed by atoms with Gasteiger partial charge in [-0.3, -0.25) is 4.79 Å². The zero-order valence-electron chi connectivity index (χ0n) is 14.7. The molecule has 1 amide bonds. The third-order valence-electron chi connectivity index (χ3n) is 3.65. The Kier molecular flexibility index (Phi) is 16.4. The Balaban J connectivity index is 0. The van der Waals surface area contributed by atoms with Crippen molar-refractivity contribution in [2.45, 2.75) is 51.9 Å². The molecule has 2 N–H and O–H groups in total. The monoisotopic (exact) mass is 379 g/mol. The second-order valence-electron chi connectivity index (χ2n) is 5.52. The van der Waals surface area contributed by atoms with Crippen LogP contribution in [0, 0.1) is 0 Å². The van der Waals surface area contributed by atoms with Crippen LogP contribution >= 0.6 is 24.8 Å². The minimum atomic E-state index is -0.428. The highest BCUT2D eigenvalue weighted by molar-refractivity contribution is 5.96. The van der Waals surface area contributed by atoms with Crippen molar-refractivity contribution in [2.24, 2.45) is 5.73 Å². The Morgan fingerprint density at radius 2 is 1.75 bits per heavy atom. The number of para-hydroxylation sites is 1. The number of carbonyl (C=O) groups excluding carboxylic acids is 1. The summed E-state index contributed by atoms with van der Waals surface area (Å²) in [7, 11) is 1.69. The maximum Gasteiger partial charge on any atom is 0.252 e. The van der Waals surface area contributed by atoms with Crippen molar-refractivity contribution in [3.8, 4) is 5.75 Å². The molecule has 0 saturated carbocycles. The van der Waals surface area contributed by atoms with E-state index >= 15 is 0 Å². The number of benzene rings is 1. The zero-order chi connectivity index (χ0) is 16.2. The number of nitrogens with two attached hydrogens (primary N) is 1. The summed E-state index contributed by atoms with van der Waals surface area (Å²) in [5, 5.41) is 0. The van der Waals surface area contributed by atoms with Crippen LogP contribution < -0.4 is 10.5 Å².